The van der Waals surface area contributed by atoms with Gasteiger partial charge in [-0.2, -0.15) is 0 Å². The Kier molecular flexibility index (Phi) is 3.62. The van der Waals surface area contributed by atoms with Gasteiger partial charge in [0.05, 0.1) is 17.6 Å². The third-order valence-corrected chi connectivity index (χ3v) is 2.99. The molecule has 1 amide bonds. The third-order valence-electron chi connectivity index (χ3n) is 2.99. The highest BCUT2D eigenvalue weighted by atomic mass is 16.4. The monoisotopic (exact) mass is 290 g/mol. The van der Waals surface area contributed by atoms with Gasteiger partial charge in [-0.3, -0.25) is 14.2 Å². The molecular formula is C13H14N4O4. The van der Waals surface area contributed by atoms with Gasteiger partial charge in [-0.05, 0) is 13.0 Å². The predicted octanol–water partition coefficient (Wildman–Crippen LogP) is 0.655. The van der Waals surface area contributed by atoms with Gasteiger partial charge in [-0.25, -0.2) is 9.78 Å². The Bertz CT molecular complexity index is 810. The van der Waals surface area contributed by atoms with Crippen LogP contribution in [0.5, 0.6) is 0 Å². The highest BCUT2D eigenvalue weighted by molar-refractivity contribution is 6.03. The van der Waals surface area contributed by atoms with Crippen LogP contribution in [0.25, 0.3) is 11.0 Å². The average Bonchev–Trinajstić information content (AvgIpc) is 2.39. The van der Waals surface area contributed by atoms with Gasteiger partial charge in [-0.15, -0.1) is 0 Å². The van der Waals surface area contributed by atoms with Crippen LogP contribution in [0.1, 0.15) is 24.2 Å². The lowest BCUT2D eigenvalue weighted by atomic mass is 10.1. The molecule has 0 atom stereocenters. The number of nitrogens with one attached hydrogen (secondary N) is 1. The Morgan fingerprint density at radius 3 is 2.67 bits per heavy atom. The number of aromatic carboxylic acids is 1. The van der Waals surface area contributed by atoms with E-state index in [0.29, 0.717) is 11.1 Å². The molecule has 110 valence electrons. The minimum atomic E-state index is -1.40. The van der Waals surface area contributed by atoms with Gasteiger partial charge in [0.2, 0.25) is 5.91 Å². The van der Waals surface area contributed by atoms with Crippen LogP contribution in [0.3, 0.4) is 0 Å². The van der Waals surface area contributed by atoms with E-state index in [1.165, 1.54) is 23.8 Å². The zero-order valence-electron chi connectivity index (χ0n) is 11.5. The normalized spacial score (nSPS) is 10.6. The smallest absolute Gasteiger partial charge is 0.343 e. The number of rotatable bonds is 3. The number of hydrogen-bond acceptors (Lipinski definition) is 5. The van der Waals surface area contributed by atoms with Crippen molar-refractivity contribution < 1.29 is 14.7 Å². The number of fused-ring (bicyclic) bond motifs is 1. The largest absolute Gasteiger partial charge is 0.477 e. The number of nitrogens with two attached hydrogens (primary N) is 1. The van der Waals surface area contributed by atoms with Crippen molar-refractivity contribution in [3.05, 3.63) is 28.2 Å². The molecule has 0 aliphatic carbocycles. The van der Waals surface area contributed by atoms with E-state index in [4.69, 9.17) is 10.8 Å². The highest BCUT2D eigenvalue weighted by Gasteiger charge is 2.20. The Hall–Kier alpha value is -2.90. The number of nitrogens with zero attached hydrogens (tertiary/aromatic N) is 2. The van der Waals surface area contributed by atoms with E-state index in [9.17, 15) is 14.4 Å². The van der Waals surface area contributed by atoms with E-state index in [1.54, 1.807) is 6.92 Å². The zero-order chi connectivity index (χ0) is 15.7. The lowest BCUT2D eigenvalue weighted by Gasteiger charge is -2.12. The van der Waals surface area contributed by atoms with Crippen molar-refractivity contribution in [1.29, 1.82) is 0 Å². The van der Waals surface area contributed by atoms with Crippen molar-refractivity contribution in [3.63, 3.8) is 0 Å². The van der Waals surface area contributed by atoms with Crippen LogP contribution < -0.4 is 16.6 Å². The first kappa shape index (κ1) is 14.5. The maximum absolute atomic E-state index is 12.1. The van der Waals surface area contributed by atoms with Crippen LogP contribution >= 0.6 is 0 Å². The first-order valence-electron chi connectivity index (χ1n) is 6.19. The molecule has 0 saturated carbocycles. The van der Waals surface area contributed by atoms with Crippen molar-refractivity contribution >= 4 is 34.3 Å². The number of carbonyl (C=O) groups excluding carboxylic acids is 1. The third kappa shape index (κ3) is 2.42. The van der Waals surface area contributed by atoms with Crippen LogP contribution in [0.15, 0.2) is 17.1 Å². The van der Waals surface area contributed by atoms with Crippen LogP contribution in [-0.2, 0) is 11.3 Å². The molecule has 0 fully saturated rings. The van der Waals surface area contributed by atoms with Crippen molar-refractivity contribution in [2.45, 2.75) is 20.4 Å². The molecule has 21 heavy (non-hydrogen) atoms. The Labute approximate surface area is 119 Å². The van der Waals surface area contributed by atoms with E-state index in [1.807, 2.05) is 0 Å². The second-order valence-corrected chi connectivity index (χ2v) is 4.42. The van der Waals surface area contributed by atoms with E-state index in [2.05, 4.69) is 10.3 Å². The maximum atomic E-state index is 12.1. The van der Waals surface area contributed by atoms with Gasteiger partial charge in [0.25, 0.3) is 5.56 Å². The fourth-order valence-electron chi connectivity index (χ4n) is 2.12. The first-order valence-corrected chi connectivity index (χ1v) is 6.19. The van der Waals surface area contributed by atoms with Gasteiger partial charge >= 0.3 is 5.97 Å². The summed E-state index contributed by atoms with van der Waals surface area (Å²) < 4.78 is 1.23. The number of carboxylic acid groups (broad SMARTS) is 1. The lowest BCUT2D eigenvalue weighted by molar-refractivity contribution is -0.114. The lowest BCUT2D eigenvalue weighted by Crippen LogP contribution is -2.28. The second kappa shape index (κ2) is 5.23. The molecule has 2 aromatic heterocycles. The molecule has 0 bridgehead atoms. The van der Waals surface area contributed by atoms with Crippen LogP contribution in [0, 0.1) is 0 Å². The summed E-state index contributed by atoms with van der Waals surface area (Å²) >= 11 is 0. The summed E-state index contributed by atoms with van der Waals surface area (Å²) in [7, 11) is 0. The zero-order valence-corrected chi connectivity index (χ0v) is 11.5. The van der Waals surface area contributed by atoms with Crippen LogP contribution in [0.2, 0.25) is 0 Å². The quantitative estimate of drug-likeness (QED) is 0.761. The fraction of sp³-hybridized carbons (Fsp3) is 0.231. The van der Waals surface area contributed by atoms with Crippen molar-refractivity contribution in [1.82, 2.24) is 9.55 Å². The van der Waals surface area contributed by atoms with Crippen molar-refractivity contribution in [3.8, 4) is 0 Å². The van der Waals surface area contributed by atoms with E-state index >= 15 is 0 Å². The summed E-state index contributed by atoms with van der Waals surface area (Å²) in [5, 5.41) is 12.0. The number of hydrogen-bond donors (Lipinski definition) is 3. The van der Waals surface area contributed by atoms with Gasteiger partial charge in [0.1, 0.15) is 11.2 Å². The molecule has 2 rings (SSSR count). The predicted molar refractivity (Wildman–Crippen MR) is 77.4 cm³/mol. The SMILES string of the molecule is CCn1c(=O)c(C(=O)O)c(N)c2cc(NC(C)=O)cnc21. The molecule has 4 N–H and O–H groups in total. The highest BCUT2D eigenvalue weighted by Crippen LogP contribution is 2.24. The molecule has 2 aromatic rings. The number of anilines is 2. The Balaban J connectivity index is 2.87. The molecule has 8 nitrogen and oxygen atoms in total. The standard InChI is InChI=1S/C13H14N4O4/c1-3-17-11-8(4-7(5-15-11)16-6(2)18)10(14)9(12(17)19)13(20)21/h4-5H,3,14H2,1-2H3,(H,16,18)(H,20,21). The number of nitrogen functional groups attached to an aromatic ring is 1. The minimum absolute atomic E-state index is 0.160. The molecule has 0 aliphatic heterocycles. The number of pyridine rings is 2. The molecule has 0 unspecified atom stereocenters. The number of aromatic nitrogens is 2. The average molecular weight is 290 g/mol. The molecule has 2 heterocycles. The molecule has 0 aromatic carbocycles. The fourth-order valence-corrected chi connectivity index (χ4v) is 2.12. The van der Waals surface area contributed by atoms with Crippen molar-refractivity contribution in [2.75, 3.05) is 11.1 Å². The van der Waals surface area contributed by atoms with E-state index in [-0.39, 0.29) is 23.8 Å². The summed E-state index contributed by atoms with van der Waals surface area (Å²) in [5.74, 6) is -1.69. The van der Waals surface area contributed by atoms with E-state index < -0.39 is 17.1 Å². The van der Waals surface area contributed by atoms with Crippen LogP contribution in [-0.4, -0.2) is 26.5 Å². The van der Waals surface area contributed by atoms with Crippen LogP contribution in [0.4, 0.5) is 11.4 Å². The molecule has 0 radical (unpaired) electrons. The minimum Gasteiger partial charge on any atom is -0.477 e. The molecular weight excluding hydrogens is 276 g/mol. The Morgan fingerprint density at radius 2 is 2.14 bits per heavy atom. The summed E-state index contributed by atoms with van der Waals surface area (Å²) in [4.78, 5) is 38.5. The Morgan fingerprint density at radius 1 is 1.48 bits per heavy atom. The summed E-state index contributed by atoms with van der Waals surface area (Å²) in [5.41, 5.74) is 5.09. The summed E-state index contributed by atoms with van der Waals surface area (Å²) in [6.07, 6.45) is 1.38. The molecule has 8 heteroatoms. The molecule has 0 aliphatic rings. The van der Waals surface area contributed by atoms with Gasteiger partial charge in [-0.1, -0.05) is 0 Å². The first-order chi connectivity index (χ1) is 9.86. The van der Waals surface area contributed by atoms with Gasteiger partial charge < -0.3 is 16.2 Å². The van der Waals surface area contributed by atoms with Crippen molar-refractivity contribution in [2.24, 2.45) is 0 Å². The molecule has 0 saturated heterocycles. The van der Waals surface area contributed by atoms with Gasteiger partial charge in [0.15, 0.2) is 0 Å². The number of carbonyl (C=O) groups is 2. The number of carboxylic acids is 1. The second-order valence-electron chi connectivity index (χ2n) is 4.42. The number of amides is 1. The summed E-state index contributed by atoms with van der Waals surface area (Å²) in [6.45, 7) is 3.29. The number of aryl methyl sites for hydroxylation is 1. The molecule has 0 spiro atoms. The van der Waals surface area contributed by atoms with E-state index in [0.717, 1.165) is 0 Å². The topological polar surface area (TPSA) is 127 Å². The van der Waals surface area contributed by atoms with Gasteiger partial charge in [0, 0.05) is 18.9 Å². The summed E-state index contributed by atoms with van der Waals surface area (Å²) in [6, 6.07) is 1.50. The maximum Gasteiger partial charge on any atom is 0.343 e.